The van der Waals surface area contributed by atoms with Gasteiger partial charge in [-0.1, -0.05) is 26.7 Å². The molecule has 0 amide bonds. The van der Waals surface area contributed by atoms with Gasteiger partial charge in [0, 0.05) is 19.5 Å². The molecule has 0 spiro atoms. The van der Waals surface area contributed by atoms with Crippen molar-refractivity contribution in [2.24, 2.45) is 0 Å². The van der Waals surface area contributed by atoms with Crippen molar-refractivity contribution in [2.75, 3.05) is 0 Å². The van der Waals surface area contributed by atoms with Gasteiger partial charge in [-0.2, -0.15) is 35.4 Å². The molecule has 90 valence electrons. The Hall–Kier alpha value is -0.0532. The predicted molar refractivity (Wildman–Crippen MR) is 62.8 cm³/mol. The van der Waals surface area contributed by atoms with Crippen molar-refractivity contribution in [3.05, 3.63) is 59.7 Å². The van der Waals surface area contributed by atoms with Crippen LogP contribution in [0.15, 0.2) is 48.5 Å². The average Bonchev–Trinajstić information content (AvgIpc) is 2.92. The van der Waals surface area contributed by atoms with E-state index in [4.69, 9.17) is 0 Å². The Morgan fingerprint density at radius 2 is 0.938 bits per heavy atom. The molecule has 0 bridgehead atoms. The van der Waals surface area contributed by atoms with E-state index in [1.165, 1.54) is 11.1 Å². The third-order valence-electron chi connectivity index (χ3n) is 2.28. The van der Waals surface area contributed by atoms with E-state index in [2.05, 4.69) is 62.4 Å². The van der Waals surface area contributed by atoms with Crippen molar-refractivity contribution in [3.8, 4) is 0 Å². The molecule has 2 heteroatoms. The van der Waals surface area contributed by atoms with Gasteiger partial charge in [0.25, 0.3) is 0 Å². The molecule has 0 nitrogen and oxygen atoms in total. The van der Waals surface area contributed by atoms with E-state index >= 15 is 0 Å². The van der Waals surface area contributed by atoms with Gasteiger partial charge in [0.2, 0.25) is 0 Å². The van der Waals surface area contributed by atoms with E-state index in [0.29, 0.717) is 0 Å². The summed E-state index contributed by atoms with van der Waals surface area (Å²) in [5.41, 5.74) is 2.86. The summed E-state index contributed by atoms with van der Waals surface area (Å²) in [5.74, 6) is 0. The Balaban J connectivity index is 0. The summed E-state index contributed by atoms with van der Waals surface area (Å²) < 4.78 is 0. The number of hydrogen-bond acceptors (Lipinski definition) is 0. The Morgan fingerprint density at radius 1 is 0.688 bits per heavy atom. The molecule has 0 aromatic heterocycles. The smallest absolute Gasteiger partial charge is 0.213 e. The third-order valence-corrected chi connectivity index (χ3v) is 2.28. The fourth-order valence-electron chi connectivity index (χ4n) is 1.30. The van der Waals surface area contributed by atoms with E-state index in [0.717, 1.165) is 12.8 Å². The van der Waals surface area contributed by atoms with Crippen LogP contribution in [-0.4, -0.2) is 0 Å². The van der Waals surface area contributed by atoms with E-state index in [1.807, 2.05) is 0 Å². The summed E-state index contributed by atoms with van der Waals surface area (Å²) >= 11 is 0. The van der Waals surface area contributed by atoms with Gasteiger partial charge in [-0.25, -0.2) is 24.3 Å². The van der Waals surface area contributed by atoms with Crippen molar-refractivity contribution in [3.63, 3.8) is 0 Å². The summed E-state index contributed by atoms with van der Waals surface area (Å²) in [4.78, 5) is 0. The standard InChI is InChI=1S/2C7H9.2Ru/c2*1-2-7-5-3-4-6-7;;/h2*3-6H,2H2,1H3;;/q2*-1;;+2. The third kappa shape index (κ3) is 7.26. The maximum absolute atomic E-state index is 2.16. The van der Waals surface area contributed by atoms with Crippen molar-refractivity contribution >= 4 is 0 Å². The number of hydrogen-bond donors (Lipinski definition) is 0. The van der Waals surface area contributed by atoms with Gasteiger partial charge >= 0.3 is 19.5 Å². The first kappa shape index (κ1) is 18.3. The Morgan fingerprint density at radius 3 is 1.06 bits per heavy atom. The minimum atomic E-state index is 0. The molecule has 2 aromatic rings. The molecule has 2 rings (SSSR count). The van der Waals surface area contributed by atoms with Crippen molar-refractivity contribution in [2.45, 2.75) is 26.7 Å². The maximum atomic E-state index is 2.16. The molecule has 0 aliphatic rings. The van der Waals surface area contributed by atoms with E-state index in [1.54, 1.807) is 0 Å². The number of aryl methyl sites for hydroxylation is 2. The van der Waals surface area contributed by atoms with Crippen LogP contribution in [0.2, 0.25) is 0 Å². The second-order valence-corrected chi connectivity index (χ2v) is 3.29. The van der Waals surface area contributed by atoms with Crippen LogP contribution >= 0.6 is 0 Å². The summed E-state index contributed by atoms with van der Waals surface area (Å²) in [6.45, 7) is 4.32. The van der Waals surface area contributed by atoms with Crippen molar-refractivity contribution in [1.29, 1.82) is 0 Å². The van der Waals surface area contributed by atoms with Crippen LogP contribution in [0.4, 0.5) is 0 Å². The van der Waals surface area contributed by atoms with Crippen LogP contribution in [0.1, 0.15) is 25.0 Å². The van der Waals surface area contributed by atoms with Gasteiger partial charge in [-0.15, -0.1) is 0 Å². The van der Waals surface area contributed by atoms with Gasteiger partial charge in [-0.05, 0) is 0 Å². The zero-order valence-corrected chi connectivity index (χ0v) is 13.2. The van der Waals surface area contributed by atoms with Gasteiger partial charge in [0.15, 0.2) is 0 Å². The van der Waals surface area contributed by atoms with Gasteiger partial charge < -0.3 is 0 Å². The molecule has 0 heterocycles. The first-order valence-electron chi connectivity index (χ1n) is 5.28. The van der Waals surface area contributed by atoms with Gasteiger partial charge in [-0.3, -0.25) is 0 Å². The second-order valence-electron chi connectivity index (χ2n) is 3.29. The van der Waals surface area contributed by atoms with E-state index < -0.39 is 0 Å². The largest absolute Gasteiger partial charge is 2.00 e. The second kappa shape index (κ2) is 11.4. The molecule has 0 unspecified atom stereocenters. The van der Waals surface area contributed by atoms with Crippen LogP contribution in [-0.2, 0) is 51.8 Å². The predicted octanol–water partition coefficient (Wildman–Crippen LogP) is 3.93. The minimum Gasteiger partial charge on any atom is -0.213 e. The number of rotatable bonds is 2. The molecular formula is C14H18Ru2. The van der Waals surface area contributed by atoms with Gasteiger partial charge in [0.1, 0.15) is 0 Å². The molecule has 0 N–H and O–H groups in total. The summed E-state index contributed by atoms with van der Waals surface area (Å²) in [7, 11) is 0. The zero-order valence-electron chi connectivity index (χ0n) is 9.74. The zero-order chi connectivity index (χ0) is 10.2. The Labute approximate surface area is 125 Å². The quantitative estimate of drug-likeness (QED) is 0.540. The molecule has 0 saturated carbocycles. The molecule has 0 aliphatic heterocycles. The van der Waals surface area contributed by atoms with Gasteiger partial charge in [0.05, 0.1) is 0 Å². The van der Waals surface area contributed by atoms with Crippen LogP contribution in [0.5, 0.6) is 0 Å². The fraction of sp³-hybridized carbons (Fsp3) is 0.286. The molecular weight excluding hydrogens is 370 g/mol. The normalized spacial score (nSPS) is 8.12. The topological polar surface area (TPSA) is 0 Å². The van der Waals surface area contributed by atoms with Crippen molar-refractivity contribution in [1.82, 2.24) is 0 Å². The molecule has 0 aliphatic carbocycles. The van der Waals surface area contributed by atoms with Crippen molar-refractivity contribution < 1.29 is 39.0 Å². The van der Waals surface area contributed by atoms with E-state index in [9.17, 15) is 0 Å². The Bertz CT molecular complexity index is 272. The van der Waals surface area contributed by atoms with Crippen LogP contribution in [0, 0.1) is 0 Å². The monoisotopic (exact) mass is 390 g/mol. The SMILES string of the molecule is CC[c-]1cccc1.CC[c-]1cccc1.[Ru+2].[Ru]. The minimum absolute atomic E-state index is 0. The molecule has 0 saturated heterocycles. The van der Waals surface area contributed by atoms with Crippen LogP contribution in [0.3, 0.4) is 0 Å². The maximum Gasteiger partial charge on any atom is 2.00 e. The van der Waals surface area contributed by atoms with Crippen LogP contribution in [0.25, 0.3) is 0 Å². The molecule has 2 aromatic carbocycles. The fourth-order valence-corrected chi connectivity index (χ4v) is 1.30. The average molecular weight is 388 g/mol. The molecule has 0 fully saturated rings. The van der Waals surface area contributed by atoms with E-state index in [-0.39, 0.29) is 39.0 Å². The Kier molecular flexibility index (Phi) is 13.1. The molecule has 16 heavy (non-hydrogen) atoms. The van der Waals surface area contributed by atoms with Crippen LogP contribution < -0.4 is 0 Å². The first-order chi connectivity index (χ1) is 6.86. The summed E-state index contributed by atoms with van der Waals surface area (Å²) in [6.07, 6.45) is 2.32. The summed E-state index contributed by atoms with van der Waals surface area (Å²) in [5, 5.41) is 0. The summed E-state index contributed by atoms with van der Waals surface area (Å²) in [6, 6.07) is 16.8. The molecule has 0 atom stereocenters. The first-order valence-corrected chi connectivity index (χ1v) is 5.28. The molecule has 0 radical (unpaired) electrons.